The quantitative estimate of drug-likeness (QED) is 0.0104. The molecule has 6 heterocycles. The Hall–Kier alpha value is -7.84. The van der Waals surface area contributed by atoms with Gasteiger partial charge in [-0.1, -0.05) is 89.3 Å². The standard InChI is InChI=1S/C93H141N9O24/c1-60-18-13-12-14-19-61(2)77(112-9)57-72-29-23-67(8)93(111,126-72)86(106)90(108)101-33-16-15-22-74(101)91(109)124-78(58-75(103)63(4)53-66(7)84(105)85(114-11)83(104)65(6)52-60)64(5)54-68-24-30-76(79(55-68)113-10)125-92(110)96-32-35-116-37-39-118-41-43-120-45-47-122-49-51-123-50-48-121-46-44-119-42-40-117-38-36-115-34-31-95-89(107)70-27-25-69(26-28-70)88-100-81(82-87(94)97-59-98-102(82)88)73-56-71-21-17-20-62(3)80(71)99-73/h12-14,17-21,53,56,59-60,63-65,67-70,72,74,76-79,84-85,99,105,111H,15-16,22-52,54-55,57-58H2,1-11H3,(H,95,107)(H,96,110)(H2,94,97,98)/b14-12?,18-13+,61-19?,66-53+/t60-,63-,64-,65-,67-,68+,69?,70?,72+,74+,76-,77+,78+,79-,84-,85+,93-/m1/s1. The predicted molar refractivity (Wildman–Crippen MR) is 470 cm³/mol. The Morgan fingerprint density at radius 2 is 1.31 bits per heavy atom. The molecule has 33 nitrogen and oxygen atoms in total. The van der Waals surface area contributed by atoms with Gasteiger partial charge in [0.1, 0.15) is 59.6 Å². The van der Waals surface area contributed by atoms with Gasteiger partial charge < -0.3 is 108 Å². The number of aryl methyl sites for hydroxylation is 1. The molecule has 3 amide bonds. The number of benzene rings is 1. The van der Waals surface area contributed by atoms with Gasteiger partial charge in [-0.25, -0.2) is 24.1 Å². The smallest absolute Gasteiger partial charge is 0.407 e. The molecule has 15 atom stereocenters. The van der Waals surface area contributed by atoms with Crippen LogP contribution in [0.1, 0.15) is 169 Å². The molecule has 2 bridgehead atoms. The summed E-state index contributed by atoms with van der Waals surface area (Å²) in [7, 11) is 4.49. The number of carbonyl (C=O) groups excluding carboxylic acids is 7. The SMILES string of the molecule is CO[C@H]1C[C@@H]2CC[C@@H](C)[C@@](O)(O2)C(=O)C(=O)N2CCCC[C@H]2C(=O)O[C@H]([C@H](C)C[C@@H]2CC[C@@H](OC(=O)NCCOCCOCCOCCOCCOCCOCCOCCOCCOCCNC(=O)C3CCC(c4nc(-c5cc6cccc(C)c6[nH]5)c5c(N)ncnn45)CC3)[C@H](OC)C2)CC(=O)[C@H](C)/C=C(\C)[C@@H](O)[C@@H](OC)C(=O)[C@H](C)C[C@H](C)/C=C/C=CC=C1C. The van der Waals surface area contributed by atoms with E-state index in [4.69, 9.17) is 81.8 Å². The lowest BCUT2D eigenvalue weighted by molar-refractivity contribution is -0.265. The minimum absolute atomic E-state index is 0.0179. The molecule has 3 aliphatic heterocycles. The molecule has 0 spiro atoms. The van der Waals surface area contributed by atoms with Gasteiger partial charge in [0.2, 0.25) is 11.7 Å². The van der Waals surface area contributed by atoms with Crippen LogP contribution in [0.5, 0.6) is 0 Å². The molecule has 4 aromatic rings. The highest BCUT2D eigenvalue weighted by atomic mass is 16.6. The van der Waals surface area contributed by atoms with Crippen LogP contribution in [-0.2, 0) is 99.8 Å². The Morgan fingerprint density at radius 1 is 0.690 bits per heavy atom. The number of cyclic esters (lactones) is 1. The highest BCUT2D eigenvalue weighted by Crippen LogP contribution is 2.42. The third kappa shape index (κ3) is 30.7. The van der Waals surface area contributed by atoms with Crippen molar-refractivity contribution in [1.29, 1.82) is 0 Å². The number of nitrogen functional groups attached to an aromatic ring is 1. The maximum atomic E-state index is 14.7. The number of anilines is 1. The first kappa shape index (κ1) is 102. The number of piperidine rings is 1. The molecule has 7 N–H and O–H groups in total. The Kier molecular flexibility index (Phi) is 43.1. The summed E-state index contributed by atoms with van der Waals surface area (Å²) in [5.41, 5.74) is 12.1. The van der Waals surface area contributed by atoms with Crippen LogP contribution in [0, 0.1) is 48.3 Å². The highest BCUT2D eigenvalue weighted by Gasteiger charge is 2.53. The van der Waals surface area contributed by atoms with Gasteiger partial charge in [-0.05, 0) is 151 Å². The van der Waals surface area contributed by atoms with E-state index in [-0.39, 0.29) is 80.1 Å². The van der Waals surface area contributed by atoms with Gasteiger partial charge >= 0.3 is 12.1 Å². The number of Topliss-reactive ketones (excluding diaryl/α,β-unsaturated/α-hetero) is 3. The van der Waals surface area contributed by atoms with Gasteiger partial charge in [-0.15, -0.1) is 0 Å². The molecule has 2 saturated heterocycles. The number of esters is 1. The van der Waals surface area contributed by atoms with Crippen molar-refractivity contribution in [2.75, 3.05) is 166 Å². The number of aliphatic hydroxyl groups excluding tert-OH is 1. The number of aromatic amines is 1. The number of hydrogen-bond acceptors (Lipinski definition) is 28. The number of amides is 3. The molecular weight excluding hydrogens is 1630 g/mol. The number of methoxy groups -OCH3 is 3. The van der Waals surface area contributed by atoms with Crippen molar-refractivity contribution in [3.8, 4) is 11.4 Å². The van der Waals surface area contributed by atoms with Gasteiger partial charge in [0.05, 0.1) is 143 Å². The van der Waals surface area contributed by atoms with Crippen LogP contribution in [0.15, 0.2) is 78.2 Å². The number of fused-ring (bicyclic) bond motifs is 5. The van der Waals surface area contributed by atoms with Crippen molar-refractivity contribution in [3.63, 3.8) is 0 Å². The van der Waals surface area contributed by atoms with E-state index in [9.17, 15) is 43.8 Å². The number of para-hydroxylation sites is 1. The second kappa shape index (κ2) is 53.3. The number of ether oxygens (including phenoxy) is 15. The lowest BCUT2D eigenvalue weighted by Gasteiger charge is -2.42. The normalized spacial score (nSPS) is 27.8. The van der Waals surface area contributed by atoms with Gasteiger partial charge in [-0.2, -0.15) is 5.10 Å². The van der Waals surface area contributed by atoms with Gasteiger partial charge in [0, 0.05) is 94.3 Å². The highest BCUT2D eigenvalue weighted by molar-refractivity contribution is 6.39. The summed E-state index contributed by atoms with van der Waals surface area (Å²) in [6, 6.07) is 7.06. The fourth-order valence-corrected chi connectivity index (χ4v) is 17.4. The van der Waals surface area contributed by atoms with E-state index in [1.807, 2.05) is 61.7 Å². The number of nitrogens with two attached hydrogens (primary N) is 1. The summed E-state index contributed by atoms with van der Waals surface area (Å²) in [4.78, 5) is 112. The Morgan fingerprint density at radius 3 is 1.91 bits per heavy atom. The molecule has 3 aromatic heterocycles. The molecule has 1 aromatic carbocycles. The molecule has 4 fully saturated rings. The van der Waals surface area contributed by atoms with Crippen LogP contribution in [0.2, 0.25) is 0 Å². The summed E-state index contributed by atoms with van der Waals surface area (Å²) in [6.45, 7) is 22.3. The van der Waals surface area contributed by atoms with Crippen molar-refractivity contribution >= 4 is 63.5 Å². The minimum atomic E-state index is -2.48. The third-order valence-electron chi connectivity index (χ3n) is 24.8. The number of aromatic nitrogens is 5. The van der Waals surface area contributed by atoms with Gasteiger partial charge in [0.15, 0.2) is 11.6 Å². The molecule has 0 unspecified atom stereocenters. The van der Waals surface area contributed by atoms with Gasteiger partial charge in [-0.3, -0.25) is 24.0 Å². The number of carbonyl (C=O) groups is 7. The van der Waals surface area contributed by atoms with Crippen molar-refractivity contribution in [2.24, 2.45) is 41.4 Å². The van der Waals surface area contributed by atoms with Crippen LogP contribution in [0.4, 0.5) is 10.6 Å². The predicted octanol–water partition coefficient (Wildman–Crippen LogP) is 9.63. The van der Waals surface area contributed by atoms with E-state index in [2.05, 4.69) is 50.8 Å². The Balaban J connectivity index is 0.582. The van der Waals surface area contributed by atoms with Crippen LogP contribution < -0.4 is 16.4 Å². The lowest BCUT2D eigenvalue weighted by atomic mass is 9.78. The molecule has 2 aliphatic carbocycles. The summed E-state index contributed by atoms with van der Waals surface area (Å²) >= 11 is 0. The topological polar surface area (TPSA) is 411 Å². The number of nitrogens with one attached hydrogen (secondary N) is 3. The molecule has 9 rings (SSSR count). The number of hydrogen-bond donors (Lipinski definition) is 6. The minimum Gasteiger partial charge on any atom is -0.460 e. The Bertz CT molecular complexity index is 4180. The van der Waals surface area contributed by atoms with Crippen molar-refractivity contribution in [3.05, 3.63) is 89.6 Å². The van der Waals surface area contributed by atoms with E-state index >= 15 is 0 Å². The average Bonchev–Trinajstić information content (AvgIpc) is 1.40. The first-order chi connectivity index (χ1) is 60.8. The first-order valence-corrected chi connectivity index (χ1v) is 45.3. The summed E-state index contributed by atoms with van der Waals surface area (Å²) in [5, 5.41) is 35.2. The maximum Gasteiger partial charge on any atom is 0.407 e. The molecule has 33 heteroatoms. The first-order valence-electron chi connectivity index (χ1n) is 45.3. The monoisotopic (exact) mass is 1770 g/mol. The maximum absolute atomic E-state index is 14.7. The second-order valence-electron chi connectivity index (χ2n) is 34.2. The molecule has 2 saturated carbocycles. The van der Waals surface area contributed by atoms with E-state index in [1.165, 1.54) is 18.3 Å². The number of rotatable bonds is 40. The van der Waals surface area contributed by atoms with Crippen LogP contribution in [-0.4, -0.2) is 295 Å². The third-order valence-corrected chi connectivity index (χ3v) is 24.8. The van der Waals surface area contributed by atoms with E-state index in [0.29, 0.717) is 194 Å². The van der Waals surface area contributed by atoms with E-state index < -0.39 is 102 Å². The number of ketones is 3. The van der Waals surface area contributed by atoms with E-state index in [1.54, 1.807) is 48.0 Å². The van der Waals surface area contributed by atoms with Crippen molar-refractivity contribution in [1.82, 2.24) is 40.1 Å². The average molecular weight is 1770 g/mol. The summed E-state index contributed by atoms with van der Waals surface area (Å²) < 4.78 is 88.4. The lowest BCUT2D eigenvalue weighted by Crippen LogP contribution is -2.61. The van der Waals surface area contributed by atoms with Crippen LogP contribution >= 0.6 is 0 Å². The van der Waals surface area contributed by atoms with Crippen LogP contribution in [0.25, 0.3) is 27.8 Å². The zero-order valence-electron chi connectivity index (χ0n) is 75.9. The van der Waals surface area contributed by atoms with Crippen molar-refractivity contribution in [2.45, 2.75) is 219 Å². The molecule has 702 valence electrons. The van der Waals surface area contributed by atoms with Crippen LogP contribution in [0.3, 0.4) is 0 Å². The number of aliphatic hydroxyl groups is 2. The van der Waals surface area contributed by atoms with E-state index in [0.717, 1.165) is 64.9 Å². The molecular formula is C93H141N9O24. The Labute approximate surface area is 741 Å². The number of alkyl carbamates (subject to hydrolysis) is 1. The summed E-state index contributed by atoms with van der Waals surface area (Å²) in [6.07, 6.45) is 13.9. The zero-order chi connectivity index (χ0) is 90.5. The largest absolute Gasteiger partial charge is 0.460 e. The van der Waals surface area contributed by atoms with Gasteiger partial charge in [0.25, 0.3) is 11.7 Å². The zero-order valence-corrected chi connectivity index (χ0v) is 75.9. The number of allylic oxidation sites excluding steroid dienone is 6. The summed E-state index contributed by atoms with van der Waals surface area (Å²) in [5.74, 6) is -7.37. The number of nitrogens with zero attached hydrogens (tertiary/aromatic N) is 5. The number of H-pyrrole nitrogens is 1. The molecule has 0 radical (unpaired) electrons. The molecule has 5 aliphatic rings. The number of imidazole rings is 1. The fraction of sp³-hybridized carbons (Fsp3) is 0.699. The second-order valence-corrected chi connectivity index (χ2v) is 34.2. The fourth-order valence-electron chi connectivity index (χ4n) is 17.4. The molecule has 126 heavy (non-hydrogen) atoms. The van der Waals surface area contributed by atoms with Crippen molar-refractivity contribution < 1.29 is 115 Å².